The molecule has 0 amide bonds. The summed E-state index contributed by atoms with van der Waals surface area (Å²) in [6.07, 6.45) is 0.881. The number of benzene rings is 1. The molecule has 0 saturated carbocycles. The summed E-state index contributed by atoms with van der Waals surface area (Å²) in [5, 5.41) is 18.0. The van der Waals surface area contributed by atoms with Gasteiger partial charge in [0.05, 0.1) is 25.4 Å². The number of morpholine rings is 1. The van der Waals surface area contributed by atoms with Crippen molar-refractivity contribution in [2.45, 2.75) is 25.9 Å². The number of hydrogen-bond acceptors (Lipinski definition) is 4. The van der Waals surface area contributed by atoms with Crippen LogP contribution in [0.3, 0.4) is 0 Å². The molecule has 27 heavy (non-hydrogen) atoms. The van der Waals surface area contributed by atoms with Crippen LogP contribution in [0.4, 0.5) is 0 Å². The third-order valence-electron chi connectivity index (χ3n) is 4.21. The third kappa shape index (κ3) is 9.94. The Labute approximate surface area is 184 Å². The Morgan fingerprint density at radius 3 is 2.56 bits per heavy atom. The molecule has 1 atom stereocenters. The first-order valence-electron chi connectivity index (χ1n) is 9.27. The molecule has 6 nitrogen and oxygen atoms in total. The van der Waals surface area contributed by atoms with Gasteiger partial charge in [0.15, 0.2) is 5.96 Å². The summed E-state index contributed by atoms with van der Waals surface area (Å²) in [5.41, 5.74) is 0.354. The minimum Gasteiger partial charge on any atom is -0.387 e. The molecule has 1 saturated heterocycles. The Bertz CT molecular complexity index is 563. The Balaban J connectivity index is 0.00000364. The molecule has 1 fully saturated rings. The van der Waals surface area contributed by atoms with Gasteiger partial charge in [-0.05, 0) is 38.0 Å². The van der Waals surface area contributed by atoms with Crippen LogP contribution in [0.1, 0.15) is 19.4 Å². The van der Waals surface area contributed by atoms with Crippen LogP contribution >= 0.6 is 35.6 Å². The topological polar surface area (TPSA) is 69.1 Å². The largest absolute Gasteiger partial charge is 0.387 e. The van der Waals surface area contributed by atoms with E-state index in [9.17, 15) is 5.11 Å². The van der Waals surface area contributed by atoms with Gasteiger partial charge >= 0.3 is 0 Å². The van der Waals surface area contributed by atoms with E-state index >= 15 is 0 Å². The quantitative estimate of drug-likeness (QED) is 0.284. The van der Waals surface area contributed by atoms with E-state index in [1.54, 1.807) is 0 Å². The Morgan fingerprint density at radius 1 is 1.26 bits per heavy atom. The zero-order chi connectivity index (χ0) is 18.8. The molecule has 0 spiro atoms. The first-order valence-corrected chi connectivity index (χ1v) is 9.65. The van der Waals surface area contributed by atoms with Crippen LogP contribution in [-0.2, 0) is 11.2 Å². The van der Waals surface area contributed by atoms with Gasteiger partial charge in [-0.2, -0.15) is 0 Å². The van der Waals surface area contributed by atoms with Gasteiger partial charge in [0.2, 0.25) is 0 Å². The maximum atomic E-state index is 10.7. The van der Waals surface area contributed by atoms with Gasteiger partial charge < -0.3 is 20.5 Å². The number of nitrogens with one attached hydrogen (secondary N) is 2. The molecular formula is C19H32ClIN4O2. The summed E-state index contributed by atoms with van der Waals surface area (Å²) in [4.78, 5) is 6.78. The van der Waals surface area contributed by atoms with Gasteiger partial charge in [0.1, 0.15) is 0 Å². The summed E-state index contributed by atoms with van der Waals surface area (Å²) in [6, 6.07) is 7.86. The molecule has 0 aromatic heterocycles. The summed E-state index contributed by atoms with van der Waals surface area (Å²) in [5.74, 6) is 0.726. The maximum Gasteiger partial charge on any atom is 0.191 e. The fourth-order valence-electron chi connectivity index (χ4n) is 2.86. The highest BCUT2D eigenvalue weighted by Gasteiger charge is 2.25. The summed E-state index contributed by atoms with van der Waals surface area (Å²) in [6.45, 7) is 9.54. The number of nitrogens with zero attached hydrogens (tertiary/aromatic N) is 2. The van der Waals surface area contributed by atoms with Crippen molar-refractivity contribution in [2.75, 3.05) is 52.5 Å². The molecule has 1 unspecified atom stereocenters. The monoisotopic (exact) mass is 510 g/mol. The van der Waals surface area contributed by atoms with Crippen molar-refractivity contribution < 1.29 is 9.84 Å². The lowest BCUT2D eigenvalue weighted by molar-refractivity contribution is -0.0179. The van der Waals surface area contributed by atoms with E-state index in [4.69, 9.17) is 16.3 Å². The molecule has 1 aliphatic rings. The normalized spacial score (nSPS) is 17.7. The van der Waals surface area contributed by atoms with Crippen LogP contribution in [0.2, 0.25) is 5.02 Å². The number of hydrogen-bond donors (Lipinski definition) is 3. The Kier molecular flexibility index (Phi) is 11.6. The number of β-amino-alcohol motifs (C(OH)–C–C–N with tert-alkyl or cyclic N) is 1. The van der Waals surface area contributed by atoms with Gasteiger partial charge in [0.25, 0.3) is 0 Å². The SMILES string of the molecule is CCNC(=NCC(C)(O)CN1CCOCC1)NCCc1ccc(Cl)cc1.I. The smallest absolute Gasteiger partial charge is 0.191 e. The van der Waals surface area contributed by atoms with E-state index in [0.29, 0.717) is 13.1 Å². The van der Waals surface area contributed by atoms with Crippen molar-refractivity contribution in [1.82, 2.24) is 15.5 Å². The van der Waals surface area contributed by atoms with Crippen molar-refractivity contribution in [2.24, 2.45) is 4.99 Å². The lowest BCUT2D eigenvalue weighted by atomic mass is 10.1. The fraction of sp³-hybridized carbons (Fsp3) is 0.632. The highest BCUT2D eigenvalue weighted by atomic mass is 127. The molecule has 0 radical (unpaired) electrons. The number of aliphatic imine (C=N–C) groups is 1. The van der Waals surface area contributed by atoms with Crippen LogP contribution in [0.25, 0.3) is 0 Å². The summed E-state index contributed by atoms with van der Waals surface area (Å²) < 4.78 is 5.35. The third-order valence-corrected chi connectivity index (χ3v) is 4.46. The molecule has 1 heterocycles. The van der Waals surface area contributed by atoms with Crippen molar-refractivity contribution in [1.29, 1.82) is 0 Å². The van der Waals surface area contributed by atoms with E-state index in [0.717, 1.165) is 56.8 Å². The molecule has 2 rings (SSSR count). The van der Waals surface area contributed by atoms with Crippen LogP contribution in [0.15, 0.2) is 29.3 Å². The Hall–Kier alpha value is -0.610. The van der Waals surface area contributed by atoms with Gasteiger partial charge in [-0.1, -0.05) is 23.7 Å². The summed E-state index contributed by atoms with van der Waals surface area (Å²) >= 11 is 5.91. The summed E-state index contributed by atoms with van der Waals surface area (Å²) in [7, 11) is 0. The van der Waals surface area contributed by atoms with Crippen LogP contribution < -0.4 is 10.6 Å². The zero-order valence-electron chi connectivity index (χ0n) is 16.2. The van der Waals surface area contributed by atoms with Gasteiger partial charge in [-0.3, -0.25) is 9.89 Å². The van der Waals surface area contributed by atoms with Crippen molar-refractivity contribution in [3.8, 4) is 0 Å². The molecule has 1 aromatic carbocycles. The van der Waals surface area contributed by atoms with E-state index in [1.165, 1.54) is 5.56 Å². The van der Waals surface area contributed by atoms with Crippen LogP contribution in [-0.4, -0.2) is 74.0 Å². The lowest BCUT2D eigenvalue weighted by Gasteiger charge is -2.33. The van der Waals surface area contributed by atoms with Crippen molar-refractivity contribution in [3.63, 3.8) is 0 Å². The minimum absolute atomic E-state index is 0. The second-order valence-electron chi connectivity index (χ2n) is 6.88. The number of guanidine groups is 1. The van der Waals surface area contributed by atoms with E-state index in [2.05, 4.69) is 20.5 Å². The standard InChI is InChI=1S/C19H31ClN4O2.HI/c1-3-21-18(22-9-8-16-4-6-17(20)7-5-16)23-14-19(2,25)15-24-10-12-26-13-11-24;/h4-7,25H,3,8-15H2,1-2H3,(H2,21,22,23);1H. The van der Waals surface area contributed by atoms with Crippen molar-refractivity contribution in [3.05, 3.63) is 34.9 Å². The molecule has 3 N–H and O–H groups in total. The second kappa shape index (κ2) is 12.8. The number of rotatable bonds is 8. The van der Waals surface area contributed by atoms with Crippen molar-refractivity contribution >= 4 is 41.5 Å². The number of ether oxygens (including phenoxy) is 1. The van der Waals surface area contributed by atoms with E-state index < -0.39 is 5.60 Å². The van der Waals surface area contributed by atoms with Gasteiger partial charge in [-0.15, -0.1) is 24.0 Å². The van der Waals surface area contributed by atoms with E-state index in [1.807, 2.05) is 38.1 Å². The second-order valence-corrected chi connectivity index (χ2v) is 7.32. The van der Waals surface area contributed by atoms with E-state index in [-0.39, 0.29) is 24.0 Å². The predicted octanol–water partition coefficient (Wildman–Crippen LogP) is 2.14. The fourth-order valence-corrected chi connectivity index (χ4v) is 2.98. The number of halogens is 2. The highest BCUT2D eigenvalue weighted by Crippen LogP contribution is 2.10. The molecule has 1 aliphatic heterocycles. The molecule has 154 valence electrons. The molecule has 8 heteroatoms. The van der Waals surface area contributed by atoms with Crippen LogP contribution in [0, 0.1) is 0 Å². The average molecular weight is 511 g/mol. The lowest BCUT2D eigenvalue weighted by Crippen LogP contribution is -2.48. The zero-order valence-corrected chi connectivity index (χ0v) is 19.3. The minimum atomic E-state index is -0.865. The number of aliphatic hydroxyl groups is 1. The van der Waals surface area contributed by atoms with Gasteiger partial charge in [0, 0.05) is 37.7 Å². The first kappa shape index (κ1) is 24.4. The highest BCUT2D eigenvalue weighted by molar-refractivity contribution is 14.0. The average Bonchev–Trinajstić information content (AvgIpc) is 2.62. The van der Waals surface area contributed by atoms with Crippen LogP contribution in [0.5, 0.6) is 0 Å². The molecule has 0 bridgehead atoms. The first-order chi connectivity index (χ1) is 12.5. The maximum absolute atomic E-state index is 10.7. The molecule has 1 aromatic rings. The Morgan fingerprint density at radius 2 is 1.93 bits per heavy atom. The van der Waals surface area contributed by atoms with Gasteiger partial charge in [-0.25, -0.2) is 0 Å². The predicted molar refractivity (Wildman–Crippen MR) is 122 cm³/mol. The molecular weight excluding hydrogens is 479 g/mol. The molecule has 0 aliphatic carbocycles.